The van der Waals surface area contributed by atoms with Gasteiger partial charge in [-0.05, 0) is 50.0 Å². The molecule has 166 valence electrons. The Labute approximate surface area is 189 Å². The van der Waals surface area contributed by atoms with Gasteiger partial charge in [-0.1, -0.05) is 50.1 Å². The first-order valence-corrected chi connectivity index (χ1v) is 12.5. The first-order valence-electron chi connectivity index (χ1n) is 11.7. The molecule has 0 radical (unpaired) electrons. The highest BCUT2D eigenvalue weighted by Gasteiger charge is 2.28. The van der Waals surface area contributed by atoms with Gasteiger partial charge in [-0.25, -0.2) is 4.98 Å². The summed E-state index contributed by atoms with van der Waals surface area (Å²) < 4.78 is 0. The zero-order chi connectivity index (χ0) is 21.6. The number of piperidine rings is 1. The number of nitrogens with zero attached hydrogens (tertiary/aromatic N) is 2. The summed E-state index contributed by atoms with van der Waals surface area (Å²) in [7, 11) is 0. The summed E-state index contributed by atoms with van der Waals surface area (Å²) in [6, 6.07) is 10.1. The largest absolute Gasteiger partial charge is 0.343 e. The van der Waals surface area contributed by atoms with Gasteiger partial charge in [0.05, 0.1) is 5.69 Å². The number of rotatable bonds is 7. The molecule has 1 aliphatic heterocycles. The molecule has 0 spiro atoms. The summed E-state index contributed by atoms with van der Waals surface area (Å²) in [6.07, 6.45) is 8.64. The molecule has 1 fully saturated rings. The smallest absolute Gasteiger partial charge is 0.229 e. The fraction of sp³-hybridized carbons (Fsp3) is 0.560. The maximum absolute atomic E-state index is 12.8. The van der Waals surface area contributed by atoms with Crippen LogP contribution in [0.1, 0.15) is 61.6 Å². The number of fused-ring (bicyclic) bond motifs is 1. The molecule has 4 rings (SSSR count). The van der Waals surface area contributed by atoms with Crippen molar-refractivity contribution in [3.63, 3.8) is 0 Å². The molecule has 2 amide bonds. The van der Waals surface area contributed by atoms with Crippen LogP contribution in [-0.4, -0.2) is 34.8 Å². The number of amides is 2. The summed E-state index contributed by atoms with van der Waals surface area (Å²) >= 11 is 1.66. The number of anilines is 1. The molecule has 1 saturated heterocycles. The number of carbonyl (C=O) groups is 2. The van der Waals surface area contributed by atoms with Crippen LogP contribution in [0.2, 0.25) is 0 Å². The molecule has 6 heteroatoms. The van der Waals surface area contributed by atoms with Gasteiger partial charge in [-0.15, -0.1) is 11.3 Å². The van der Waals surface area contributed by atoms with E-state index in [-0.39, 0.29) is 17.7 Å². The van der Waals surface area contributed by atoms with Crippen molar-refractivity contribution in [2.45, 2.75) is 64.7 Å². The number of aryl methyl sites for hydroxylation is 2. The van der Waals surface area contributed by atoms with Crippen LogP contribution in [0.25, 0.3) is 0 Å². The molecule has 0 bridgehead atoms. The summed E-state index contributed by atoms with van der Waals surface area (Å²) in [6.45, 7) is 3.58. The lowest BCUT2D eigenvalue weighted by Gasteiger charge is -2.31. The van der Waals surface area contributed by atoms with Gasteiger partial charge >= 0.3 is 0 Å². The average molecular weight is 440 g/mol. The fourth-order valence-corrected chi connectivity index (χ4v) is 5.93. The van der Waals surface area contributed by atoms with Gasteiger partial charge in [-0.2, -0.15) is 0 Å². The number of hydrogen-bond donors (Lipinski definition) is 1. The van der Waals surface area contributed by atoms with E-state index in [0.717, 1.165) is 43.2 Å². The van der Waals surface area contributed by atoms with Gasteiger partial charge in [0.2, 0.25) is 11.8 Å². The molecular weight excluding hydrogens is 406 g/mol. The normalized spacial score (nSPS) is 19.1. The van der Waals surface area contributed by atoms with Crippen LogP contribution in [0.3, 0.4) is 0 Å². The molecule has 0 saturated carbocycles. The number of benzene rings is 1. The Bertz CT molecular complexity index is 887. The third kappa shape index (κ3) is 5.73. The zero-order valence-corrected chi connectivity index (χ0v) is 19.3. The molecule has 5 nitrogen and oxygen atoms in total. The van der Waals surface area contributed by atoms with Gasteiger partial charge in [-0.3, -0.25) is 9.59 Å². The number of carbonyl (C=O) groups excluding carboxylic acids is 2. The Morgan fingerprint density at radius 1 is 1.16 bits per heavy atom. The molecule has 1 aromatic heterocycles. The zero-order valence-electron chi connectivity index (χ0n) is 18.4. The van der Waals surface area contributed by atoms with E-state index in [2.05, 4.69) is 24.4 Å². The fourth-order valence-electron chi connectivity index (χ4n) is 4.80. The van der Waals surface area contributed by atoms with Crippen molar-refractivity contribution in [3.05, 3.63) is 46.5 Å². The van der Waals surface area contributed by atoms with E-state index < -0.39 is 0 Å². The third-order valence-electron chi connectivity index (χ3n) is 6.66. The predicted octanol–water partition coefficient (Wildman–Crippen LogP) is 4.86. The van der Waals surface area contributed by atoms with E-state index in [4.69, 9.17) is 4.98 Å². The quantitative estimate of drug-likeness (QED) is 0.670. The Morgan fingerprint density at radius 3 is 2.68 bits per heavy atom. The maximum atomic E-state index is 12.8. The van der Waals surface area contributed by atoms with Crippen molar-refractivity contribution >= 4 is 28.3 Å². The summed E-state index contributed by atoms with van der Waals surface area (Å²) in [5.74, 6) is 0.988. The number of hydrogen-bond acceptors (Lipinski definition) is 4. The highest BCUT2D eigenvalue weighted by Crippen LogP contribution is 2.34. The van der Waals surface area contributed by atoms with Gasteiger partial charge in [0.25, 0.3) is 0 Å². The Balaban J connectivity index is 1.23. The van der Waals surface area contributed by atoms with Gasteiger partial charge in [0.15, 0.2) is 5.13 Å². The van der Waals surface area contributed by atoms with Gasteiger partial charge in [0.1, 0.15) is 0 Å². The summed E-state index contributed by atoms with van der Waals surface area (Å²) in [5.41, 5.74) is 2.38. The first-order chi connectivity index (χ1) is 15.1. The predicted molar refractivity (Wildman–Crippen MR) is 125 cm³/mol. The second-order valence-electron chi connectivity index (χ2n) is 8.92. The van der Waals surface area contributed by atoms with Crippen LogP contribution in [0.5, 0.6) is 0 Å². The van der Waals surface area contributed by atoms with E-state index >= 15 is 0 Å². The molecule has 1 aromatic carbocycles. The molecule has 2 aromatic rings. The van der Waals surface area contributed by atoms with E-state index in [1.54, 1.807) is 11.3 Å². The highest BCUT2D eigenvalue weighted by atomic mass is 32.1. The summed E-state index contributed by atoms with van der Waals surface area (Å²) in [5, 5.41) is 3.83. The van der Waals surface area contributed by atoms with Gasteiger partial charge < -0.3 is 10.2 Å². The molecule has 1 aliphatic carbocycles. The van der Waals surface area contributed by atoms with Crippen LogP contribution >= 0.6 is 11.3 Å². The molecule has 1 unspecified atom stereocenters. The SMILES string of the molecule is CCCC1CCc2nc(NC(=O)C3CCN(C(=O)CCc4ccccc4)CC3)sc2C1. The minimum absolute atomic E-state index is 0.0352. The molecule has 31 heavy (non-hydrogen) atoms. The van der Waals surface area contributed by atoms with E-state index in [1.807, 2.05) is 23.1 Å². The standard InChI is InChI=1S/C25H33N3O2S/c1-2-6-19-9-11-21-22(17-19)31-25(26-21)27-24(30)20-13-15-28(16-14-20)23(29)12-10-18-7-4-3-5-8-18/h3-5,7-8,19-20H,2,6,9-17H2,1H3,(H,26,27,30). The van der Waals surface area contributed by atoms with Gasteiger partial charge in [0, 0.05) is 30.3 Å². The van der Waals surface area contributed by atoms with Crippen LogP contribution < -0.4 is 5.32 Å². The van der Waals surface area contributed by atoms with E-state index in [0.29, 0.717) is 19.5 Å². The topological polar surface area (TPSA) is 62.3 Å². The second-order valence-corrected chi connectivity index (χ2v) is 10.00. The lowest BCUT2D eigenvalue weighted by Crippen LogP contribution is -2.41. The molecule has 1 atom stereocenters. The third-order valence-corrected chi connectivity index (χ3v) is 7.69. The lowest BCUT2D eigenvalue weighted by atomic mass is 9.88. The molecule has 2 aliphatic rings. The average Bonchev–Trinajstić information content (AvgIpc) is 3.20. The monoisotopic (exact) mass is 439 g/mol. The summed E-state index contributed by atoms with van der Waals surface area (Å²) in [4.78, 5) is 33.3. The lowest BCUT2D eigenvalue weighted by molar-refractivity contribution is -0.134. The van der Waals surface area contributed by atoms with Crippen LogP contribution in [0.4, 0.5) is 5.13 Å². The molecule has 2 heterocycles. The van der Waals surface area contributed by atoms with Crippen molar-refractivity contribution in [1.82, 2.24) is 9.88 Å². The van der Waals surface area contributed by atoms with Crippen molar-refractivity contribution < 1.29 is 9.59 Å². The Morgan fingerprint density at radius 2 is 1.94 bits per heavy atom. The van der Waals surface area contributed by atoms with Crippen molar-refractivity contribution in [1.29, 1.82) is 0 Å². The Kier molecular flexibility index (Phi) is 7.38. The first kappa shape index (κ1) is 22.0. The number of thiazole rings is 1. The Hall–Kier alpha value is -2.21. The van der Waals surface area contributed by atoms with Crippen molar-refractivity contribution in [2.75, 3.05) is 18.4 Å². The molecule has 1 N–H and O–H groups in total. The van der Waals surface area contributed by atoms with Crippen LogP contribution in [0.15, 0.2) is 30.3 Å². The van der Waals surface area contributed by atoms with Crippen molar-refractivity contribution in [2.24, 2.45) is 11.8 Å². The minimum Gasteiger partial charge on any atom is -0.343 e. The van der Waals surface area contributed by atoms with E-state index in [1.165, 1.54) is 35.4 Å². The number of likely N-dealkylation sites (tertiary alicyclic amines) is 1. The van der Waals surface area contributed by atoms with Crippen LogP contribution in [-0.2, 0) is 28.9 Å². The van der Waals surface area contributed by atoms with E-state index in [9.17, 15) is 9.59 Å². The molecular formula is C25H33N3O2S. The highest BCUT2D eigenvalue weighted by molar-refractivity contribution is 7.15. The number of aromatic nitrogens is 1. The van der Waals surface area contributed by atoms with Crippen molar-refractivity contribution in [3.8, 4) is 0 Å². The van der Waals surface area contributed by atoms with Crippen LogP contribution in [0, 0.1) is 11.8 Å². The minimum atomic E-state index is -0.0352. The second kappa shape index (κ2) is 10.4. The number of nitrogens with one attached hydrogen (secondary N) is 1. The maximum Gasteiger partial charge on any atom is 0.229 e.